The summed E-state index contributed by atoms with van der Waals surface area (Å²) < 4.78 is 1.42. The van der Waals surface area contributed by atoms with Crippen LogP contribution in [-0.2, 0) is 26.4 Å². The Balaban J connectivity index is 2.82. The molecule has 2 rings (SSSR count). The van der Waals surface area contributed by atoms with E-state index in [1.165, 1.54) is 15.8 Å². The maximum absolute atomic E-state index is 12.5. The lowest BCUT2D eigenvalue weighted by Crippen LogP contribution is -2.22. The van der Waals surface area contributed by atoms with Gasteiger partial charge in [-0.1, -0.05) is 26.0 Å². The van der Waals surface area contributed by atoms with Gasteiger partial charge in [0.25, 0.3) is 5.56 Å². The number of nitrogens with zero attached hydrogens (tertiary/aromatic N) is 2. The van der Waals surface area contributed by atoms with Crippen molar-refractivity contribution in [3.63, 3.8) is 0 Å². The van der Waals surface area contributed by atoms with Crippen LogP contribution in [0.15, 0.2) is 23.0 Å². The third-order valence-electron chi connectivity index (χ3n) is 3.81. The molecule has 0 saturated carbocycles. The summed E-state index contributed by atoms with van der Waals surface area (Å²) in [4.78, 5) is 12.5. The fourth-order valence-corrected chi connectivity index (χ4v) is 2.80. The lowest BCUT2D eigenvalue weighted by molar-refractivity contribution is 0.694. The van der Waals surface area contributed by atoms with Crippen LogP contribution in [0.3, 0.4) is 0 Å². The Kier molecular flexibility index (Phi) is 4.58. The molecule has 2 aromatic rings. The summed E-state index contributed by atoms with van der Waals surface area (Å²) in [6.07, 6.45) is 1.75. The number of benzene rings is 1. The van der Waals surface area contributed by atoms with E-state index in [4.69, 9.17) is 5.73 Å². The fourth-order valence-electron chi connectivity index (χ4n) is 2.80. The molecule has 0 amide bonds. The number of nitrogens with two attached hydrogens (primary N) is 1. The van der Waals surface area contributed by atoms with Crippen LogP contribution < -0.4 is 11.3 Å². The molecule has 4 nitrogen and oxygen atoms in total. The molecule has 0 aliphatic heterocycles. The van der Waals surface area contributed by atoms with Gasteiger partial charge in [0.05, 0.1) is 11.3 Å². The topological polar surface area (TPSA) is 60.9 Å². The van der Waals surface area contributed by atoms with Crippen molar-refractivity contribution >= 4 is 0 Å². The Morgan fingerprint density at radius 1 is 1.14 bits per heavy atom. The van der Waals surface area contributed by atoms with Gasteiger partial charge in [0.2, 0.25) is 0 Å². The van der Waals surface area contributed by atoms with Crippen molar-refractivity contribution < 1.29 is 0 Å². The van der Waals surface area contributed by atoms with Gasteiger partial charge in [-0.3, -0.25) is 4.79 Å². The van der Waals surface area contributed by atoms with Gasteiger partial charge in [0.1, 0.15) is 0 Å². The molecule has 0 spiro atoms. The van der Waals surface area contributed by atoms with Crippen molar-refractivity contribution in [3.05, 3.63) is 50.9 Å². The number of rotatable bonds is 4. The molecule has 1 aromatic heterocycles. The number of hydrogen-bond donors (Lipinski definition) is 1. The second kappa shape index (κ2) is 6.22. The van der Waals surface area contributed by atoms with Crippen molar-refractivity contribution in [1.82, 2.24) is 9.78 Å². The predicted molar refractivity (Wildman–Crippen MR) is 86.3 cm³/mol. The van der Waals surface area contributed by atoms with Gasteiger partial charge in [0.15, 0.2) is 0 Å². The highest BCUT2D eigenvalue weighted by atomic mass is 16.1. The van der Waals surface area contributed by atoms with Gasteiger partial charge >= 0.3 is 0 Å². The van der Waals surface area contributed by atoms with Crippen molar-refractivity contribution in [2.45, 2.75) is 40.2 Å². The third kappa shape index (κ3) is 2.90. The third-order valence-corrected chi connectivity index (χ3v) is 3.81. The van der Waals surface area contributed by atoms with Gasteiger partial charge in [0, 0.05) is 13.6 Å². The summed E-state index contributed by atoms with van der Waals surface area (Å²) in [6, 6.07) is 6.12. The Labute approximate surface area is 125 Å². The summed E-state index contributed by atoms with van der Waals surface area (Å²) in [7, 11) is 1.70. The highest BCUT2D eigenvalue weighted by Crippen LogP contribution is 2.28. The van der Waals surface area contributed by atoms with E-state index in [-0.39, 0.29) is 5.56 Å². The molecule has 0 aliphatic rings. The zero-order valence-electron chi connectivity index (χ0n) is 13.2. The summed E-state index contributed by atoms with van der Waals surface area (Å²) >= 11 is 0. The van der Waals surface area contributed by atoms with Crippen LogP contribution in [0.25, 0.3) is 11.1 Å². The van der Waals surface area contributed by atoms with E-state index in [1.54, 1.807) is 7.05 Å². The van der Waals surface area contributed by atoms with Gasteiger partial charge in [-0.05, 0) is 48.1 Å². The molecule has 2 N–H and O–H groups in total. The SMILES string of the molecule is CCc1cc(CN)cc(CC)c1-c1cc(C)nn(C)c1=O. The standard InChI is InChI=1S/C17H23N3O/c1-5-13-8-12(10-18)9-14(6-2)16(13)15-7-11(3)19-20(4)17(15)21/h7-9H,5-6,10,18H2,1-4H3. The average molecular weight is 285 g/mol. The first kappa shape index (κ1) is 15.4. The minimum atomic E-state index is -0.0505. The molecule has 0 unspecified atom stereocenters. The van der Waals surface area contributed by atoms with Crippen LogP contribution in [0.1, 0.15) is 36.2 Å². The van der Waals surface area contributed by atoms with Gasteiger partial charge in [-0.25, -0.2) is 4.68 Å². The molecule has 0 bridgehead atoms. The number of aromatic nitrogens is 2. The van der Waals surface area contributed by atoms with E-state index >= 15 is 0 Å². The normalized spacial score (nSPS) is 10.9. The number of hydrogen-bond acceptors (Lipinski definition) is 3. The van der Waals surface area contributed by atoms with Crippen molar-refractivity contribution in [3.8, 4) is 11.1 Å². The van der Waals surface area contributed by atoms with E-state index in [1.807, 2.05) is 13.0 Å². The maximum Gasteiger partial charge on any atom is 0.274 e. The molecule has 0 atom stereocenters. The highest BCUT2D eigenvalue weighted by molar-refractivity contribution is 5.71. The van der Waals surface area contributed by atoms with Gasteiger partial charge in [-0.2, -0.15) is 5.10 Å². The lowest BCUT2D eigenvalue weighted by Gasteiger charge is -2.16. The van der Waals surface area contributed by atoms with Crippen LogP contribution >= 0.6 is 0 Å². The van der Waals surface area contributed by atoms with E-state index in [0.717, 1.165) is 35.2 Å². The molecular formula is C17H23N3O. The summed E-state index contributed by atoms with van der Waals surface area (Å²) in [5.74, 6) is 0. The van der Waals surface area contributed by atoms with E-state index < -0.39 is 0 Å². The molecule has 21 heavy (non-hydrogen) atoms. The minimum absolute atomic E-state index is 0.0505. The van der Waals surface area contributed by atoms with Crippen molar-refractivity contribution in [1.29, 1.82) is 0 Å². The Bertz CT molecular complexity index is 691. The van der Waals surface area contributed by atoms with Crippen molar-refractivity contribution in [2.75, 3.05) is 0 Å². The van der Waals surface area contributed by atoms with E-state index in [0.29, 0.717) is 6.54 Å². The van der Waals surface area contributed by atoms with Crippen LogP contribution in [0.2, 0.25) is 0 Å². The molecule has 0 fully saturated rings. The first-order valence-electron chi connectivity index (χ1n) is 7.41. The molecule has 1 aromatic carbocycles. The van der Waals surface area contributed by atoms with Crippen LogP contribution in [0, 0.1) is 6.92 Å². The summed E-state index contributed by atoms with van der Waals surface area (Å²) in [6.45, 7) is 6.65. The first-order chi connectivity index (χ1) is 10.0. The molecule has 4 heteroatoms. The first-order valence-corrected chi connectivity index (χ1v) is 7.41. The quantitative estimate of drug-likeness (QED) is 0.938. The fraction of sp³-hybridized carbons (Fsp3) is 0.412. The van der Waals surface area contributed by atoms with Gasteiger partial charge in [-0.15, -0.1) is 0 Å². The largest absolute Gasteiger partial charge is 0.326 e. The second-order valence-electron chi connectivity index (χ2n) is 5.33. The number of aryl methyl sites for hydroxylation is 4. The molecular weight excluding hydrogens is 262 g/mol. The Hall–Kier alpha value is -1.94. The monoisotopic (exact) mass is 285 g/mol. The average Bonchev–Trinajstić information content (AvgIpc) is 2.49. The Morgan fingerprint density at radius 2 is 1.71 bits per heavy atom. The van der Waals surface area contributed by atoms with Crippen molar-refractivity contribution in [2.24, 2.45) is 12.8 Å². The summed E-state index contributed by atoms with van der Waals surface area (Å²) in [5.41, 5.74) is 11.9. The summed E-state index contributed by atoms with van der Waals surface area (Å²) in [5, 5.41) is 4.19. The molecule has 0 radical (unpaired) electrons. The van der Waals surface area contributed by atoms with E-state index in [9.17, 15) is 4.79 Å². The molecule has 0 aliphatic carbocycles. The predicted octanol–water partition coefficient (Wildman–Crippen LogP) is 2.34. The molecule has 1 heterocycles. The lowest BCUT2D eigenvalue weighted by atomic mass is 9.90. The zero-order valence-corrected chi connectivity index (χ0v) is 13.2. The highest BCUT2D eigenvalue weighted by Gasteiger charge is 2.15. The zero-order chi connectivity index (χ0) is 15.6. The van der Waals surface area contributed by atoms with Crippen LogP contribution in [-0.4, -0.2) is 9.78 Å². The van der Waals surface area contributed by atoms with Crippen LogP contribution in [0.5, 0.6) is 0 Å². The second-order valence-corrected chi connectivity index (χ2v) is 5.33. The maximum atomic E-state index is 12.5. The Morgan fingerprint density at radius 3 is 2.19 bits per heavy atom. The molecule has 112 valence electrons. The molecule has 0 saturated heterocycles. The van der Waals surface area contributed by atoms with Gasteiger partial charge < -0.3 is 5.73 Å². The smallest absolute Gasteiger partial charge is 0.274 e. The van der Waals surface area contributed by atoms with E-state index in [2.05, 4.69) is 31.1 Å². The van der Waals surface area contributed by atoms with Crippen LogP contribution in [0.4, 0.5) is 0 Å². The minimum Gasteiger partial charge on any atom is -0.326 e.